The molecule has 0 radical (unpaired) electrons. The minimum absolute atomic E-state index is 0.164. The van der Waals surface area contributed by atoms with Gasteiger partial charge in [-0.25, -0.2) is 4.98 Å². The summed E-state index contributed by atoms with van der Waals surface area (Å²) in [4.78, 5) is 24.9. The Kier molecular flexibility index (Phi) is 5.60. The number of aromatic nitrogens is 2. The van der Waals surface area contributed by atoms with Crippen LogP contribution in [0.2, 0.25) is 0 Å². The largest absolute Gasteiger partial charge is 0.457 e. The number of likely N-dealkylation sites (N-methyl/N-ethyl adjacent to an activating group) is 1. The van der Waals surface area contributed by atoms with E-state index in [1.165, 1.54) is 0 Å². The first-order valence-electron chi connectivity index (χ1n) is 10.9. The van der Waals surface area contributed by atoms with Gasteiger partial charge >= 0.3 is 0 Å². The lowest BCUT2D eigenvalue weighted by Crippen LogP contribution is -2.47. The number of carbonyl (C=O) groups is 1. The molecule has 162 valence electrons. The highest BCUT2D eigenvalue weighted by molar-refractivity contribution is 5.90. The molecule has 0 atom stereocenters. The van der Waals surface area contributed by atoms with E-state index in [2.05, 4.69) is 28.0 Å². The zero-order valence-electron chi connectivity index (χ0n) is 18.1. The number of fused-ring (bicyclic) bond motifs is 1. The van der Waals surface area contributed by atoms with E-state index in [4.69, 9.17) is 4.74 Å². The van der Waals surface area contributed by atoms with Crippen LogP contribution in [0.1, 0.15) is 5.56 Å². The summed E-state index contributed by atoms with van der Waals surface area (Å²) in [6.45, 7) is 3.41. The predicted octanol–water partition coefficient (Wildman–Crippen LogP) is 4.34. The fourth-order valence-electron chi connectivity index (χ4n) is 4.09. The third-order valence-electron chi connectivity index (χ3n) is 5.98. The Morgan fingerprint density at radius 1 is 1.03 bits per heavy atom. The Morgan fingerprint density at radius 2 is 1.78 bits per heavy atom. The van der Waals surface area contributed by atoms with Crippen molar-refractivity contribution in [1.82, 2.24) is 19.8 Å². The van der Waals surface area contributed by atoms with Crippen LogP contribution in [0.15, 0.2) is 73.1 Å². The molecule has 4 aromatic rings. The van der Waals surface area contributed by atoms with Crippen molar-refractivity contribution in [2.45, 2.75) is 6.42 Å². The highest BCUT2D eigenvalue weighted by atomic mass is 16.5. The third kappa shape index (κ3) is 4.22. The van der Waals surface area contributed by atoms with E-state index >= 15 is 0 Å². The third-order valence-corrected chi connectivity index (χ3v) is 5.98. The summed E-state index contributed by atoms with van der Waals surface area (Å²) < 4.78 is 6.14. The lowest BCUT2D eigenvalue weighted by Gasteiger charge is -2.32. The van der Waals surface area contributed by atoms with Gasteiger partial charge in [-0.3, -0.25) is 4.79 Å². The van der Waals surface area contributed by atoms with Crippen LogP contribution >= 0.6 is 0 Å². The van der Waals surface area contributed by atoms with E-state index in [0.717, 1.165) is 65.4 Å². The molecule has 0 saturated carbocycles. The number of benzene rings is 2. The summed E-state index contributed by atoms with van der Waals surface area (Å²) in [6.07, 6.45) is 4.12. The minimum atomic E-state index is 0.164. The molecule has 1 aliphatic rings. The van der Waals surface area contributed by atoms with Crippen molar-refractivity contribution in [3.05, 3.63) is 78.6 Å². The van der Waals surface area contributed by atoms with Gasteiger partial charge in [0.05, 0.1) is 6.42 Å². The molecule has 1 fully saturated rings. The van der Waals surface area contributed by atoms with Crippen LogP contribution < -0.4 is 4.74 Å². The number of piperazine rings is 1. The summed E-state index contributed by atoms with van der Waals surface area (Å²) in [5.41, 5.74) is 3.68. The predicted molar refractivity (Wildman–Crippen MR) is 126 cm³/mol. The molecule has 2 aromatic heterocycles. The van der Waals surface area contributed by atoms with Gasteiger partial charge in [-0.15, -0.1) is 0 Å². The van der Waals surface area contributed by atoms with Crippen LogP contribution in [0, 0.1) is 0 Å². The average Bonchev–Trinajstić information content (AvgIpc) is 3.22. The maximum Gasteiger partial charge on any atom is 0.227 e. The number of rotatable bonds is 5. The molecule has 0 bridgehead atoms. The number of amides is 1. The summed E-state index contributed by atoms with van der Waals surface area (Å²) >= 11 is 0. The number of ether oxygens (including phenoxy) is 1. The van der Waals surface area contributed by atoms with Gasteiger partial charge in [-0.2, -0.15) is 0 Å². The molecule has 1 N–H and O–H groups in total. The first-order chi connectivity index (χ1) is 15.7. The highest BCUT2D eigenvalue weighted by Gasteiger charge is 2.20. The number of hydrogen-bond acceptors (Lipinski definition) is 4. The van der Waals surface area contributed by atoms with Crippen molar-refractivity contribution < 1.29 is 9.53 Å². The standard InChI is InChI=1S/C26H26N4O2/c1-29-11-13-30(14-12-29)25(31)16-20-18-28-26-23(20)15-19(17-27-26)22-9-5-6-10-24(22)32-21-7-3-2-4-8-21/h2-10,15,17-18H,11-14,16H2,1H3,(H,27,28). The van der Waals surface area contributed by atoms with Crippen LogP contribution in [-0.4, -0.2) is 58.9 Å². The molecule has 0 aliphatic carbocycles. The molecule has 6 heteroatoms. The normalized spacial score (nSPS) is 14.6. The Bertz CT molecular complexity index is 1230. The van der Waals surface area contributed by atoms with Gasteiger partial charge in [0.15, 0.2) is 0 Å². The Labute approximate surface area is 187 Å². The van der Waals surface area contributed by atoms with Crippen molar-refractivity contribution in [2.75, 3.05) is 33.2 Å². The summed E-state index contributed by atoms with van der Waals surface area (Å²) in [5.74, 6) is 1.72. The number of pyridine rings is 1. The first-order valence-corrected chi connectivity index (χ1v) is 10.9. The van der Waals surface area contributed by atoms with E-state index in [1.54, 1.807) is 0 Å². The van der Waals surface area contributed by atoms with Gasteiger partial charge in [-0.1, -0.05) is 36.4 Å². The van der Waals surface area contributed by atoms with E-state index in [9.17, 15) is 4.79 Å². The van der Waals surface area contributed by atoms with Crippen molar-refractivity contribution >= 4 is 16.9 Å². The molecular formula is C26H26N4O2. The fourth-order valence-corrected chi connectivity index (χ4v) is 4.09. The second-order valence-corrected chi connectivity index (χ2v) is 8.21. The van der Waals surface area contributed by atoms with Crippen LogP contribution in [0.5, 0.6) is 11.5 Å². The lowest BCUT2D eigenvalue weighted by atomic mass is 10.0. The smallest absolute Gasteiger partial charge is 0.227 e. The van der Waals surface area contributed by atoms with Crippen LogP contribution in [0.3, 0.4) is 0 Å². The summed E-state index contributed by atoms with van der Waals surface area (Å²) in [7, 11) is 2.09. The zero-order chi connectivity index (χ0) is 21.9. The Morgan fingerprint density at radius 3 is 2.59 bits per heavy atom. The van der Waals surface area contributed by atoms with E-state index in [1.807, 2.05) is 71.9 Å². The Hall–Kier alpha value is -3.64. The molecule has 3 heterocycles. The van der Waals surface area contributed by atoms with E-state index < -0.39 is 0 Å². The second kappa shape index (κ2) is 8.85. The summed E-state index contributed by atoms with van der Waals surface area (Å²) in [5, 5.41) is 0.972. The van der Waals surface area contributed by atoms with Gasteiger partial charge in [0, 0.05) is 55.1 Å². The topological polar surface area (TPSA) is 61.5 Å². The molecule has 5 rings (SSSR count). The molecular weight excluding hydrogens is 400 g/mol. The SMILES string of the molecule is CN1CCN(C(=O)Cc2c[nH]c3ncc(-c4ccccc4Oc4ccccc4)cc23)CC1. The van der Waals surface area contributed by atoms with Gasteiger partial charge in [0.2, 0.25) is 5.91 Å². The van der Waals surface area contributed by atoms with Gasteiger partial charge in [0.25, 0.3) is 0 Å². The first kappa shape index (κ1) is 20.3. The number of para-hydroxylation sites is 2. The molecule has 1 saturated heterocycles. The monoisotopic (exact) mass is 426 g/mol. The maximum absolute atomic E-state index is 12.9. The minimum Gasteiger partial charge on any atom is -0.457 e. The van der Waals surface area contributed by atoms with E-state index in [0.29, 0.717) is 6.42 Å². The number of hydrogen-bond donors (Lipinski definition) is 1. The van der Waals surface area contributed by atoms with Crippen LogP contribution in [0.25, 0.3) is 22.2 Å². The number of nitrogens with one attached hydrogen (secondary N) is 1. The molecule has 6 nitrogen and oxygen atoms in total. The summed E-state index contributed by atoms with van der Waals surface area (Å²) in [6, 6.07) is 19.8. The zero-order valence-corrected chi connectivity index (χ0v) is 18.1. The molecule has 0 unspecified atom stereocenters. The van der Waals surface area contributed by atoms with Gasteiger partial charge in [0.1, 0.15) is 17.1 Å². The number of carbonyl (C=O) groups excluding carboxylic acids is 1. The molecule has 1 aliphatic heterocycles. The van der Waals surface area contributed by atoms with Crippen molar-refractivity contribution in [1.29, 1.82) is 0 Å². The number of nitrogens with zero attached hydrogens (tertiary/aromatic N) is 3. The fraction of sp³-hybridized carbons (Fsp3) is 0.231. The van der Waals surface area contributed by atoms with Gasteiger partial charge in [-0.05, 0) is 36.9 Å². The van der Waals surface area contributed by atoms with Gasteiger partial charge < -0.3 is 19.5 Å². The van der Waals surface area contributed by atoms with Crippen molar-refractivity contribution in [3.63, 3.8) is 0 Å². The molecule has 0 spiro atoms. The second-order valence-electron chi connectivity index (χ2n) is 8.21. The maximum atomic E-state index is 12.9. The molecule has 2 aromatic carbocycles. The Balaban J connectivity index is 1.43. The highest BCUT2D eigenvalue weighted by Crippen LogP contribution is 2.34. The van der Waals surface area contributed by atoms with Crippen LogP contribution in [-0.2, 0) is 11.2 Å². The molecule has 32 heavy (non-hydrogen) atoms. The van der Waals surface area contributed by atoms with Crippen molar-refractivity contribution in [2.24, 2.45) is 0 Å². The molecule has 1 amide bonds. The number of H-pyrrole nitrogens is 1. The van der Waals surface area contributed by atoms with Crippen LogP contribution in [0.4, 0.5) is 0 Å². The van der Waals surface area contributed by atoms with E-state index in [-0.39, 0.29) is 5.91 Å². The average molecular weight is 427 g/mol. The quantitative estimate of drug-likeness (QED) is 0.516. The number of aromatic amines is 1. The lowest BCUT2D eigenvalue weighted by molar-refractivity contribution is -0.132. The van der Waals surface area contributed by atoms with Crippen molar-refractivity contribution in [3.8, 4) is 22.6 Å².